The van der Waals surface area contributed by atoms with Gasteiger partial charge in [0.15, 0.2) is 6.10 Å². The van der Waals surface area contributed by atoms with E-state index < -0.39 is 18.1 Å². The highest BCUT2D eigenvalue weighted by molar-refractivity contribution is 5.70. The summed E-state index contributed by atoms with van der Waals surface area (Å²) < 4.78 is 17.1. The zero-order valence-electron chi connectivity index (χ0n) is 34.2. The molecule has 8 heteroatoms. The van der Waals surface area contributed by atoms with Crippen molar-refractivity contribution < 1.29 is 38.2 Å². The molecule has 0 spiro atoms. The number of nitrogens with zero attached hydrogens (tertiary/aromatic N) is 1. The van der Waals surface area contributed by atoms with E-state index in [1.165, 1.54) is 77.0 Å². The molecule has 2 unspecified atom stereocenters. The Balaban J connectivity index is 4.38. The Labute approximate surface area is 319 Å². The van der Waals surface area contributed by atoms with Gasteiger partial charge in [-0.2, -0.15) is 0 Å². The average Bonchev–Trinajstić information content (AvgIpc) is 3.09. The Kier molecular flexibility index (Phi) is 33.9. The first-order valence-electron chi connectivity index (χ1n) is 21.0. The van der Waals surface area contributed by atoms with Gasteiger partial charge in [0, 0.05) is 19.3 Å². The van der Waals surface area contributed by atoms with Crippen LogP contribution in [0.2, 0.25) is 0 Å². The molecule has 0 heterocycles. The third kappa shape index (κ3) is 33.4. The first-order valence-corrected chi connectivity index (χ1v) is 21.0. The number of ether oxygens (including phenoxy) is 3. The molecule has 0 aliphatic carbocycles. The molecule has 0 aromatic carbocycles. The van der Waals surface area contributed by atoms with E-state index in [1.807, 2.05) is 0 Å². The molecule has 0 fully saturated rings. The molecule has 0 bridgehead atoms. The Bertz CT molecular complexity index is 953. The van der Waals surface area contributed by atoms with Gasteiger partial charge in [-0.05, 0) is 64.2 Å². The second-order valence-corrected chi connectivity index (χ2v) is 15.2. The van der Waals surface area contributed by atoms with Gasteiger partial charge >= 0.3 is 11.9 Å². The molecule has 302 valence electrons. The molecule has 0 amide bonds. The standard InChI is InChI=1S/C44H79NO7/c1-6-8-10-12-14-16-18-19-20-21-22-23-25-27-29-31-33-35-43(47)52-40(38-50-37-36-41(44(48)49)45(3,4)5)39-51-42(46)34-32-30-28-26-24-17-15-13-11-9-7-2/h13-16,19-20,40-41H,6-12,17-18,21-39H2,1-5H3/b15-13+,16-14+,20-19+. The van der Waals surface area contributed by atoms with Gasteiger partial charge in [0.25, 0.3) is 0 Å². The Hall–Kier alpha value is -2.45. The van der Waals surface area contributed by atoms with E-state index in [9.17, 15) is 19.5 Å². The summed E-state index contributed by atoms with van der Waals surface area (Å²) >= 11 is 0. The second-order valence-electron chi connectivity index (χ2n) is 15.2. The number of carboxylic acid groups (broad SMARTS) is 1. The van der Waals surface area contributed by atoms with Gasteiger partial charge in [-0.1, -0.05) is 127 Å². The van der Waals surface area contributed by atoms with E-state index in [1.54, 1.807) is 21.1 Å². The number of quaternary nitrogens is 1. The fourth-order valence-corrected chi connectivity index (χ4v) is 5.90. The third-order valence-corrected chi connectivity index (χ3v) is 9.25. The summed E-state index contributed by atoms with van der Waals surface area (Å²) in [6, 6.07) is -0.727. The molecular weight excluding hydrogens is 654 g/mol. The lowest BCUT2D eigenvalue weighted by atomic mass is 10.1. The summed E-state index contributed by atoms with van der Waals surface area (Å²) in [5.41, 5.74) is 0. The first kappa shape index (κ1) is 49.6. The van der Waals surface area contributed by atoms with Crippen molar-refractivity contribution >= 4 is 17.9 Å². The van der Waals surface area contributed by atoms with E-state index in [-0.39, 0.29) is 42.7 Å². The summed E-state index contributed by atoms with van der Waals surface area (Å²) in [6.45, 7) is 4.57. The topological polar surface area (TPSA) is 102 Å². The molecule has 0 N–H and O–H groups in total. The minimum absolute atomic E-state index is 0.0355. The molecule has 0 saturated carbocycles. The van der Waals surface area contributed by atoms with Crippen molar-refractivity contribution in [1.29, 1.82) is 0 Å². The van der Waals surface area contributed by atoms with Gasteiger partial charge in [0.2, 0.25) is 0 Å². The number of hydrogen-bond acceptors (Lipinski definition) is 7. The van der Waals surface area contributed by atoms with Crippen LogP contribution >= 0.6 is 0 Å². The van der Waals surface area contributed by atoms with E-state index in [4.69, 9.17) is 14.2 Å². The minimum Gasteiger partial charge on any atom is -0.544 e. The van der Waals surface area contributed by atoms with E-state index in [0.717, 1.165) is 64.2 Å². The molecule has 0 radical (unpaired) electrons. The number of rotatable bonds is 37. The monoisotopic (exact) mass is 734 g/mol. The van der Waals surface area contributed by atoms with Gasteiger partial charge in [-0.15, -0.1) is 0 Å². The zero-order chi connectivity index (χ0) is 38.5. The first-order chi connectivity index (χ1) is 25.1. The van der Waals surface area contributed by atoms with E-state index in [0.29, 0.717) is 12.8 Å². The summed E-state index contributed by atoms with van der Waals surface area (Å²) in [5, 5.41) is 11.6. The number of hydrogen-bond donors (Lipinski definition) is 0. The fourth-order valence-electron chi connectivity index (χ4n) is 5.90. The summed E-state index contributed by atoms with van der Waals surface area (Å²) in [4.78, 5) is 36.7. The molecular formula is C44H79NO7. The number of carbonyl (C=O) groups excluding carboxylic acids is 3. The highest BCUT2D eigenvalue weighted by Gasteiger charge is 2.25. The van der Waals surface area contributed by atoms with Crippen LogP contribution in [0.4, 0.5) is 0 Å². The van der Waals surface area contributed by atoms with Gasteiger partial charge < -0.3 is 28.6 Å². The van der Waals surface area contributed by atoms with Crippen LogP contribution in [-0.2, 0) is 28.6 Å². The maximum absolute atomic E-state index is 12.7. The predicted octanol–water partition coefficient (Wildman–Crippen LogP) is 9.74. The van der Waals surface area contributed by atoms with Crippen LogP contribution in [0, 0.1) is 0 Å². The third-order valence-electron chi connectivity index (χ3n) is 9.25. The van der Waals surface area contributed by atoms with Crippen molar-refractivity contribution in [2.45, 2.75) is 187 Å². The maximum atomic E-state index is 12.7. The van der Waals surface area contributed by atoms with Crippen LogP contribution in [0.1, 0.15) is 174 Å². The normalized spacial score (nSPS) is 13.3. The van der Waals surface area contributed by atoms with Gasteiger partial charge in [-0.25, -0.2) is 0 Å². The maximum Gasteiger partial charge on any atom is 0.306 e. The number of esters is 2. The quantitative estimate of drug-likeness (QED) is 0.0271. The van der Waals surface area contributed by atoms with Crippen LogP contribution in [0.3, 0.4) is 0 Å². The number of carboxylic acids is 1. The minimum atomic E-state index is -1.13. The van der Waals surface area contributed by atoms with Gasteiger partial charge in [0.1, 0.15) is 12.6 Å². The van der Waals surface area contributed by atoms with E-state index >= 15 is 0 Å². The Morgan fingerprint density at radius 2 is 1.04 bits per heavy atom. The number of likely N-dealkylation sites (N-methyl/N-ethyl adjacent to an activating group) is 1. The second kappa shape index (κ2) is 35.6. The van der Waals surface area contributed by atoms with Crippen molar-refractivity contribution in [3.8, 4) is 0 Å². The van der Waals surface area contributed by atoms with Gasteiger partial charge in [0.05, 0.1) is 40.3 Å². The average molecular weight is 734 g/mol. The van der Waals surface area contributed by atoms with Crippen LogP contribution in [-0.4, -0.2) is 75.5 Å². The Morgan fingerprint density at radius 3 is 1.56 bits per heavy atom. The molecule has 2 atom stereocenters. The van der Waals surface area contributed by atoms with Crippen molar-refractivity contribution in [3.63, 3.8) is 0 Å². The van der Waals surface area contributed by atoms with Crippen LogP contribution in [0.5, 0.6) is 0 Å². The van der Waals surface area contributed by atoms with Crippen molar-refractivity contribution in [1.82, 2.24) is 0 Å². The Morgan fingerprint density at radius 1 is 0.577 bits per heavy atom. The summed E-state index contributed by atoms with van der Waals surface area (Å²) in [7, 11) is 5.39. The molecule has 0 rings (SSSR count). The molecule has 8 nitrogen and oxygen atoms in total. The number of allylic oxidation sites excluding steroid dienone is 6. The molecule has 0 aliphatic rings. The number of aliphatic carboxylic acids is 1. The predicted molar refractivity (Wildman–Crippen MR) is 213 cm³/mol. The van der Waals surface area contributed by atoms with Crippen LogP contribution < -0.4 is 5.11 Å². The van der Waals surface area contributed by atoms with Crippen molar-refractivity contribution in [3.05, 3.63) is 36.5 Å². The summed E-state index contributed by atoms with van der Waals surface area (Å²) in [5.74, 6) is -1.76. The largest absolute Gasteiger partial charge is 0.544 e. The lowest BCUT2D eigenvalue weighted by Crippen LogP contribution is -2.55. The van der Waals surface area contributed by atoms with Crippen molar-refractivity contribution in [2.24, 2.45) is 0 Å². The van der Waals surface area contributed by atoms with Crippen molar-refractivity contribution in [2.75, 3.05) is 41.0 Å². The number of carbonyl (C=O) groups is 3. The smallest absolute Gasteiger partial charge is 0.306 e. The fraction of sp³-hybridized carbons (Fsp3) is 0.795. The van der Waals surface area contributed by atoms with E-state index in [2.05, 4.69) is 50.3 Å². The molecule has 0 aromatic rings. The lowest BCUT2D eigenvalue weighted by Gasteiger charge is -2.34. The molecule has 0 aliphatic heterocycles. The summed E-state index contributed by atoms with van der Waals surface area (Å²) in [6.07, 6.45) is 38.8. The SMILES string of the molecule is CCCC/C=C/CCCCCCCC(=O)OCC(COCCC(C(=O)[O-])[N+](C)(C)C)OC(=O)CCCCCCCCC/C=C/C/C=C/CCCCC. The molecule has 0 aromatic heterocycles. The molecule has 52 heavy (non-hydrogen) atoms. The van der Waals surface area contributed by atoms with Gasteiger partial charge in [-0.3, -0.25) is 9.59 Å². The highest BCUT2D eigenvalue weighted by Crippen LogP contribution is 2.13. The number of unbranched alkanes of at least 4 members (excludes halogenated alkanes) is 17. The lowest BCUT2D eigenvalue weighted by molar-refractivity contribution is -0.889. The zero-order valence-corrected chi connectivity index (χ0v) is 34.2. The van der Waals surface area contributed by atoms with Crippen LogP contribution in [0.25, 0.3) is 0 Å². The molecule has 0 saturated heterocycles. The highest BCUT2D eigenvalue weighted by atomic mass is 16.6. The van der Waals surface area contributed by atoms with Crippen LogP contribution in [0.15, 0.2) is 36.5 Å².